The van der Waals surface area contributed by atoms with Crippen molar-refractivity contribution in [2.24, 2.45) is 11.8 Å². The van der Waals surface area contributed by atoms with Gasteiger partial charge in [-0.3, -0.25) is 0 Å². The van der Waals surface area contributed by atoms with Crippen LogP contribution in [0.4, 0.5) is 0 Å². The van der Waals surface area contributed by atoms with E-state index in [1.54, 1.807) is 11.1 Å². The summed E-state index contributed by atoms with van der Waals surface area (Å²) in [6.45, 7) is 10.7. The summed E-state index contributed by atoms with van der Waals surface area (Å²) < 4.78 is 0. The molecule has 110 valence electrons. The minimum absolute atomic E-state index is 0.336. The summed E-state index contributed by atoms with van der Waals surface area (Å²) in [5.74, 6) is 2.48. The van der Waals surface area contributed by atoms with Gasteiger partial charge >= 0.3 is 0 Å². The third kappa shape index (κ3) is 2.02. The van der Waals surface area contributed by atoms with E-state index in [2.05, 4.69) is 57.3 Å². The van der Waals surface area contributed by atoms with Crippen LogP contribution in [-0.4, -0.2) is 12.6 Å². The average Bonchev–Trinajstić information content (AvgIpc) is 2.42. The molecule has 0 amide bonds. The summed E-state index contributed by atoms with van der Waals surface area (Å²) in [6, 6.07) is 9.96. The SMILES string of the molecule is CCCNC1C(CC)C2c3ccccc3C(C)(C)CC12. The molecule has 0 bridgehead atoms. The summed E-state index contributed by atoms with van der Waals surface area (Å²) in [5.41, 5.74) is 3.59. The topological polar surface area (TPSA) is 12.0 Å². The van der Waals surface area contributed by atoms with Gasteiger partial charge in [-0.05, 0) is 53.7 Å². The molecule has 4 unspecified atom stereocenters. The number of benzene rings is 1. The minimum atomic E-state index is 0.336. The van der Waals surface area contributed by atoms with Gasteiger partial charge in [0.05, 0.1) is 0 Å². The van der Waals surface area contributed by atoms with E-state index in [9.17, 15) is 0 Å². The molecule has 0 aromatic heterocycles. The molecule has 0 heterocycles. The Morgan fingerprint density at radius 2 is 1.95 bits per heavy atom. The molecule has 2 aliphatic carbocycles. The van der Waals surface area contributed by atoms with Crippen LogP contribution in [0.25, 0.3) is 0 Å². The number of nitrogens with one attached hydrogen (secondary N) is 1. The van der Waals surface area contributed by atoms with Gasteiger partial charge < -0.3 is 5.32 Å². The van der Waals surface area contributed by atoms with Crippen LogP contribution in [-0.2, 0) is 5.41 Å². The van der Waals surface area contributed by atoms with Crippen molar-refractivity contribution in [1.29, 1.82) is 0 Å². The molecule has 1 heteroatoms. The monoisotopic (exact) mass is 271 g/mol. The van der Waals surface area contributed by atoms with Crippen LogP contribution in [0.5, 0.6) is 0 Å². The van der Waals surface area contributed by atoms with E-state index in [0.717, 1.165) is 23.8 Å². The Labute approximate surface area is 124 Å². The molecule has 0 saturated heterocycles. The van der Waals surface area contributed by atoms with Crippen LogP contribution >= 0.6 is 0 Å². The van der Waals surface area contributed by atoms with Crippen molar-refractivity contribution in [3.63, 3.8) is 0 Å². The lowest BCUT2D eigenvalue weighted by Gasteiger charge is -2.59. The predicted molar refractivity (Wildman–Crippen MR) is 86.2 cm³/mol. The van der Waals surface area contributed by atoms with E-state index in [1.807, 2.05) is 0 Å². The molecule has 1 aromatic carbocycles. The van der Waals surface area contributed by atoms with Crippen LogP contribution in [0.2, 0.25) is 0 Å². The van der Waals surface area contributed by atoms with E-state index in [1.165, 1.54) is 25.8 Å². The zero-order chi connectivity index (χ0) is 14.3. The van der Waals surface area contributed by atoms with E-state index in [0.29, 0.717) is 5.41 Å². The quantitative estimate of drug-likeness (QED) is 0.851. The summed E-state index contributed by atoms with van der Waals surface area (Å²) >= 11 is 0. The molecule has 1 aromatic rings. The van der Waals surface area contributed by atoms with Crippen molar-refractivity contribution >= 4 is 0 Å². The average molecular weight is 271 g/mol. The molecule has 1 nitrogen and oxygen atoms in total. The third-order valence-corrected chi connectivity index (χ3v) is 5.74. The fourth-order valence-corrected chi connectivity index (χ4v) is 4.88. The normalized spacial score (nSPS) is 34.0. The maximum Gasteiger partial charge on any atom is 0.0136 e. The Morgan fingerprint density at radius 3 is 2.65 bits per heavy atom. The van der Waals surface area contributed by atoms with Gasteiger partial charge in [-0.25, -0.2) is 0 Å². The zero-order valence-corrected chi connectivity index (χ0v) is 13.4. The number of fused-ring (bicyclic) bond motifs is 3. The van der Waals surface area contributed by atoms with Gasteiger partial charge in [0.15, 0.2) is 0 Å². The molecule has 1 fully saturated rings. The lowest BCUT2D eigenvalue weighted by Crippen LogP contribution is -2.60. The van der Waals surface area contributed by atoms with Gasteiger partial charge in [-0.2, -0.15) is 0 Å². The van der Waals surface area contributed by atoms with Crippen LogP contribution in [0.3, 0.4) is 0 Å². The van der Waals surface area contributed by atoms with Crippen LogP contribution in [0.1, 0.15) is 64.0 Å². The second-order valence-electron chi connectivity index (χ2n) is 7.42. The van der Waals surface area contributed by atoms with Gasteiger partial charge in [0.25, 0.3) is 0 Å². The smallest absolute Gasteiger partial charge is 0.0136 e. The summed E-state index contributed by atoms with van der Waals surface area (Å²) in [4.78, 5) is 0. The largest absolute Gasteiger partial charge is 0.313 e. The van der Waals surface area contributed by atoms with E-state index in [-0.39, 0.29) is 0 Å². The first-order chi connectivity index (χ1) is 9.60. The van der Waals surface area contributed by atoms with Crippen molar-refractivity contribution in [3.8, 4) is 0 Å². The van der Waals surface area contributed by atoms with E-state index >= 15 is 0 Å². The highest BCUT2D eigenvalue weighted by Crippen LogP contribution is 2.59. The van der Waals surface area contributed by atoms with Gasteiger partial charge in [-0.1, -0.05) is 58.4 Å². The zero-order valence-electron chi connectivity index (χ0n) is 13.4. The molecule has 0 aliphatic heterocycles. The first-order valence-electron chi connectivity index (χ1n) is 8.43. The van der Waals surface area contributed by atoms with Crippen molar-refractivity contribution < 1.29 is 0 Å². The Hall–Kier alpha value is -0.820. The fraction of sp³-hybridized carbons (Fsp3) is 0.684. The molecule has 0 radical (unpaired) electrons. The van der Waals surface area contributed by atoms with Crippen molar-refractivity contribution in [3.05, 3.63) is 35.4 Å². The maximum absolute atomic E-state index is 3.84. The van der Waals surface area contributed by atoms with Crippen molar-refractivity contribution in [2.45, 2.75) is 64.3 Å². The van der Waals surface area contributed by atoms with Crippen molar-refractivity contribution in [1.82, 2.24) is 5.32 Å². The minimum Gasteiger partial charge on any atom is -0.313 e. The number of rotatable bonds is 4. The highest BCUT2D eigenvalue weighted by Gasteiger charge is 2.54. The Bertz CT molecular complexity index is 476. The molecule has 1 N–H and O–H groups in total. The standard InChI is InChI=1S/C19H29N/c1-5-11-20-18-13(6-2)17-14-9-7-8-10-16(14)19(3,4)12-15(17)18/h7-10,13,15,17-18,20H,5-6,11-12H2,1-4H3. The molecule has 2 aliphatic rings. The molecular formula is C19H29N. The Morgan fingerprint density at radius 1 is 1.20 bits per heavy atom. The van der Waals surface area contributed by atoms with Gasteiger partial charge in [0.2, 0.25) is 0 Å². The summed E-state index contributed by atoms with van der Waals surface area (Å²) in [5, 5.41) is 3.84. The molecule has 3 rings (SSSR count). The second-order valence-corrected chi connectivity index (χ2v) is 7.42. The predicted octanol–water partition coefficient (Wildman–Crippen LogP) is 4.48. The van der Waals surface area contributed by atoms with Crippen molar-refractivity contribution in [2.75, 3.05) is 6.54 Å². The fourth-order valence-electron chi connectivity index (χ4n) is 4.88. The van der Waals surface area contributed by atoms with E-state index < -0.39 is 0 Å². The highest BCUT2D eigenvalue weighted by molar-refractivity contribution is 5.42. The maximum atomic E-state index is 3.84. The lowest BCUT2D eigenvalue weighted by atomic mass is 9.48. The molecule has 1 saturated carbocycles. The Balaban J connectivity index is 1.93. The second kappa shape index (κ2) is 5.18. The molecule has 0 spiro atoms. The highest BCUT2D eigenvalue weighted by atomic mass is 15.0. The van der Waals surface area contributed by atoms with Gasteiger partial charge in [0, 0.05) is 6.04 Å². The first kappa shape index (κ1) is 14.1. The van der Waals surface area contributed by atoms with Crippen LogP contribution in [0.15, 0.2) is 24.3 Å². The van der Waals surface area contributed by atoms with Crippen LogP contribution in [0, 0.1) is 11.8 Å². The summed E-state index contributed by atoms with van der Waals surface area (Å²) in [6.07, 6.45) is 3.88. The van der Waals surface area contributed by atoms with Crippen LogP contribution < -0.4 is 5.32 Å². The lowest BCUT2D eigenvalue weighted by molar-refractivity contribution is 0.0305. The molecule has 20 heavy (non-hydrogen) atoms. The number of hydrogen-bond acceptors (Lipinski definition) is 1. The first-order valence-corrected chi connectivity index (χ1v) is 8.43. The van der Waals surface area contributed by atoms with Gasteiger partial charge in [0.1, 0.15) is 0 Å². The summed E-state index contributed by atoms with van der Waals surface area (Å²) in [7, 11) is 0. The Kier molecular flexibility index (Phi) is 3.66. The van der Waals surface area contributed by atoms with E-state index in [4.69, 9.17) is 0 Å². The molecule has 4 atom stereocenters. The molecular weight excluding hydrogens is 242 g/mol. The third-order valence-electron chi connectivity index (χ3n) is 5.74. The van der Waals surface area contributed by atoms with Gasteiger partial charge in [-0.15, -0.1) is 0 Å². The number of hydrogen-bond donors (Lipinski definition) is 1.